The predicted molar refractivity (Wildman–Crippen MR) is 100 cm³/mol. The molecule has 0 saturated carbocycles. The standard InChI is InChI=1S/C20H26N4O3/c1-12(2)9-15-5-7-16(8-6-15)13(3)19(25)24-11-18-22-21-14(4)23(18)10-17(24)20(26)27/h5-8,12-13,17H,9-11H2,1-4H3,(H,26,27)/t13-,17?/m0/s1. The molecular formula is C20H26N4O3. The van der Waals surface area contributed by atoms with Crippen LogP contribution in [0.4, 0.5) is 0 Å². The molecule has 0 fully saturated rings. The molecule has 3 rings (SSSR count). The number of aromatic nitrogens is 3. The molecule has 1 aliphatic rings. The van der Waals surface area contributed by atoms with Crippen LogP contribution in [-0.4, -0.2) is 42.7 Å². The van der Waals surface area contributed by atoms with Crippen molar-refractivity contribution in [2.45, 2.75) is 59.2 Å². The number of nitrogens with zero attached hydrogens (tertiary/aromatic N) is 4. The Balaban J connectivity index is 1.81. The summed E-state index contributed by atoms with van der Waals surface area (Å²) >= 11 is 0. The molecule has 2 heterocycles. The van der Waals surface area contributed by atoms with Gasteiger partial charge in [-0.1, -0.05) is 38.1 Å². The summed E-state index contributed by atoms with van der Waals surface area (Å²) in [5, 5.41) is 17.7. The summed E-state index contributed by atoms with van der Waals surface area (Å²) in [5.74, 6) is 0.221. The summed E-state index contributed by atoms with van der Waals surface area (Å²) in [6.45, 7) is 8.28. The van der Waals surface area contributed by atoms with E-state index in [2.05, 4.69) is 24.0 Å². The van der Waals surface area contributed by atoms with Crippen LogP contribution in [0.3, 0.4) is 0 Å². The van der Waals surface area contributed by atoms with Gasteiger partial charge in [0.25, 0.3) is 0 Å². The molecule has 1 aliphatic heterocycles. The lowest BCUT2D eigenvalue weighted by molar-refractivity contribution is -0.153. The number of benzene rings is 1. The molecule has 0 aliphatic carbocycles. The van der Waals surface area contributed by atoms with Crippen LogP contribution in [0.2, 0.25) is 0 Å². The number of aliphatic carboxylic acids is 1. The highest BCUT2D eigenvalue weighted by Gasteiger charge is 2.38. The second-order valence-electron chi connectivity index (χ2n) is 7.66. The number of amides is 1. The lowest BCUT2D eigenvalue weighted by Gasteiger charge is -2.35. The minimum atomic E-state index is -1.01. The number of carbonyl (C=O) groups excluding carboxylic acids is 1. The third-order valence-electron chi connectivity index (χ3n) is 5.12. The van der Waals surface area contributed by atoms with Gasteiger partial charge in [-0.25, -0.2) is 4.79 Å². The predicted octanol–water partition coefficient (Wildman–Crippen LogP) is 2.38. The topological polar surface area (TPSA) is 88.3 Å². The Labute approximate surface area is 159 Å². The number of rotatable bonds is 5. The Bertz CT molecular complexity index is 841. The summed E-state index contributed by atoms with van der Waals surface area (Å²) < 4.78 is 1.77. The maximum Gasteiger partial charge on any atom is 0.328 e. The van der Waals surface area contributed by atoms with E-state index in [4.69, 9.17) is 0 Å². The van der Waals surface area contributed by atoms with Crippen LogP contribution >= 0.6 is 0 Å². The Morgan fingerprint density at radius 1 is 1.19 bits per heavy atom. The van der Waals surface area contributed by atoms with E-state index >= 15 is 0 Å². The van der Waals surface area contributed by atoms with E-state index in [1.807, 2.05) is 31.2 Å². The van der Waals surface area contributed by atoms with Gasteiger partial charge in [0.15, 0.2) is 5.82 Å². The van der Waals surface area contributed by atoms with Gasteiger partial charge < -0.3 is 14.6 Å². The largest absolute Gasteiger partial charge is 0.480 e. The van der Waals surface area contributed by atoms with E-state index in [1.165, 1.54) is 10.5 Å². The number of aryl methyl sites for hydroxylation is 1. The zero-order valence-electron chi connectivity index (χ0n) is 16.2. The summed E-state index contributed by atoms with van der Waals surface area (Å²) in [7, 11) is 0. The minimum Gasteiger partial charge on any atom is -0.480 e. The van der Waals surface area contributed by atoms with Crippen molar-refractivity contribution in [3.63, 3.8) is 0 Å². The monoisotopic (exact) mass is 370 g/mol. The highest BCUT2D eigenvalue weighted by Crippen LogP contribution is 2.25. The van der Waals surface area contributed by atoms with E-state index < -0.39 is 17.9 Å². The quantitative estimate of drug-likeness (QED) is 0.873. The summed E-state index contributed by atoms with van der Waals surface area (Å²) in [5.41, 5.74) is 2.12. The Kier molecular flexibility index (Phi) is 5.30. The van der Waals surface area contributed by atoms with Gasteiger partial charge in [0.2, 0.25) is 5.91 Å². The first-order valence-corrected chi connectivity index (χ1v) is 9.28. The first-order chi connectivity index (χ1) is 12.8. The number of hydrogen-bond donors (Lipinski definition) is 1. The van der Waals surface area contributed by atoms with E-state index in [1.54, 1.807) is 11.5 Å². The number of carboxylic acid groups (broad SMARTS) is 1. The molecule has 7 nitrogen and oxygen atoms in total. The summed E-state index contributed by atoms with van der Waals surface area (Å²) in [6, 6.07) is 7.11. The first-order valence-electron chi connectivity index (χ1n) is 9.28. The minimum absolute atomic E-state index is 0.159. The van der Waals surface area contributed by atoms with E-state index in [-0.39, 0.29) is 19.0 Å². The van der Waals surface area contributed by atoms with Gasteiger partial charge in [0.1, 0.15) is 11.9 Å². The molecule has 1 aromatic heterocycles. The molecule has 27 heavy (non-hydrogen) atoms. The second-order valence-corrected chi connectivity index (χ2v) is 7.66. The zero-order chi connectivity index (χ0) is 19.7. The van der Waals surface area contributed by atoms with Crippen LogP contribution in [0.15, 0.2) is 24.3 Å². The van der Waals surface area contributed by atoms with E-state index in [9.17, 15) is 14.7 Å². The number of carboxylic acids is 1. The van der Waals surface area contributed by atoms with Crippen LogP contribution in [0.1, 0.15) is 49.5 Å². The van der Waals surface area contributed by atoms with Crippen molar-refractivity contribution in [2.24, 2.45) is 5.92 Å². The Morgan fingerprint density at radius 3 is 2.44 bits per heavy atom. The maximum atomic E-state index is 13.1. The molecule has 1 aromatic carbocycles. The van der Waals surface area contributed by atoms with E-state index in [0.717, 1.165) is 12.0 Å². The van der Waals surface area contributed by atoms with Crippen LogP contribution in [-0.2, 0) is 29.1 Å². The van der Waals surface area contributed by atoms with Gasteiger partial charge in [-0.2, -0.15) is 0 Å². The molecule has 1 N–H and O–H groups in total. The molecule has 1 unspecified atom stereocenters. The normalized spacial score (nSPS) is 17.7. The summed E-state index contributed by atoms with van der Waals surface area (Å²) in [6.07, 6.45) is 0.991. The van der Waals surface area contributed by atoms with Gasteiger partial charge in [-0.05, 0) is 37.3 Å². The molecule has 2 atom stereocenters. The SMILES string of the molecule is Cc1nnc2n1CC(C(=O)O)N(C(=O)[C@@H](C)c1ccc(CC(C)C)cc1)C2. The zero-order valence-corrected chi connectivity index (χ0v) is 16.2. The third-order valence-corrected chi connectivity index (χ3v) is 5.12. The van der Waals surface area contributed by atoms with Crippen LogP contribution < -0.4 is 0 Å². The van der Waals surface area contributed by atoms with Crippen molar-refractivity contribution in [3.8, 4) is 0 Å². The van der Waals surface area contributed by atoms with Crippen LogP contribution in [0.5, 0.6) is 0 Å². The van der Waals surface area contributed by atoms with Crippen molar-refractivity contribution in [3.05, 3.63) is 47.0 Å². The van der Waals surface area contributed by atoms with Gasteiger partial charge in [-0.3, -0.25) is 4.79 Å². The summed E-state index contributed by atoms with van der Waals surface area (Å²) in [4.78, 5) is 26.3. The van der Waals surface area contributed by atoms with Crippen molar-refractivity contribution in [1.82, 2.24) is 19.7 Å². The second kappa shape index (κ2) is 7.50. The molecule has 0 saturated heterocycles. The Hall–Kier alpha value is -2.70. The fourth-order valence-electron chi connectivity index (χ4n) is 3.56. The van der Waals surface area contributed by atoms with Gasteiger partial charge in [-0.15, -0.1) is 10.2 Å². The van der Waals surface area contributed by atoms with Crippen molar-refractivity contribution < 1.29 is 14.7 Å². The number of fused-ring (bicyclic) bond motifs is 1. The van der Waals surface area contributed by atoms with E-state index in [0.29, 0.717) is 17.6 Å². The van der Waals surface area contributed by atoms with Crippen LogP contribution in [0.25, 0.3) is 0 Å². The average molecular weight is 370 g/mol. The van der Waals surface area contributed by atoms with Crippen molar-refractivity contribution in [1.29, 1.82) is 0 Å². The lowest BCUT2D eigenvalue weighted by Crippen LogP contribution is -2.51. The Morgan fingerprint density at radius 2 is 1.85 bits per heavy atom. The third kappa shape index (κ3) is 3.86. The smallest absolute Gasteiger partial charge is 0.328 e. The fourth-order valence-corrected chi connectivity index (χ4v) is 3.56. The van der Waals surface area contributed by atoms with Gasteiger partial charge >= 0.3 is 5.97 Å². The highest BCUT2D eigenvalue weighted by atomic mass is 16.4. The molecule has 7 heteroatoms. The molecule has 0 radical (unpaired) electrons. The molecular weight excluding hydrogens is 344 g/mol. The maximum absolute atomic E-state index is 13.1. The molecule has 2 aromatic rings. The lowest BCUT2D eigenvalue weighted by atomic mass is 9.95. The average Bonchev–Trinajstić information content (AvgIpc) is 3.00. The molecule has 1 amide bonds. The van der Waals surface area contributed by atoms with Gasteiger partial charge in [0, 0.05) is 0 Å². The fraction of sp³-hybridized carbons (Fsp3) is 0.500. The van der Waals surface area contributed by atoms with Crippen LogP contribution in [0, 0.1) is 12.8 Å². The van der Waals surface area contributed by atoms with Crippen molar-refractivity contribution in [2.75, 3.05) is 0 Å². The van der Waals surface area contributed by atoms with Gasteiger partial charge in [0.05, 0.1) is 19.0 Å². The first kappa shape index (κ1) is 19.1. The van der Waals surface area contributed by atoms with Crippen molar-refractivity contribution >= 4 is 11.9 Å². The molecule has 144 valence electrons. The molecule has 0 spiro atoms. The highest BCUT2D eigenvalue weighted by molar-refractivity contribution is 5.88. The number of carbonyl (C=O) groups is 2. The molecule has 0 bridgehead atoms. The number of hydrogen-bond acceptors (Lipinski definition) is 4.